The van der Waals surface area contributed by atoms with E-state index in [1.807, 2.05) is 24.3 Å². The van der Waals surface area contributed by atoms with Crippen molar-refractivity contribution in [1.82, 2.24) is 10.3 Å². The van der Waals surface area contributed by atoms with Gasteiger partial charge in [-0.05, 0) is 55.0 Å². The van der Waals surface area contributed by atoms with Crippen molar-refractivity contribution in [2.75, 3.05) is 32.1 Å². The smallest absolute Gasteiger partial charge is 0.343 e. The van der Waals surface area contributed by atoms with Gasteiger partial charge in [-0.15, -0.1) is 0 Å². The van der Waals surface area contributed by atoms with Crippen molar-refractivity contribution in [3.63, 3.8) is 0 Å². The Balaban J connectivity index is 1.30. The van der Waals surface area contributed by atoms with E-state index in [0.717, 1.165) is 43.6 Å². The number of aromatic nitrogens is 1. The van der Waals surface area contributed by atoms with E-state index >= 15 is 0 Å². The Morgan fingerprint density at radius 2 is 1.84 bits per heavy atom. The second-order valence-corrected chi connectivity index (χ2v) is 7.75. The summed E-state index contributed by atoms with van der Waals surface area (Å²) in [6.45, 7) is 2.40. The Hall–Kier alpha value is -3.12. The third-order valence-corrected chi connectivity index (χ3v) is 5.61. The Bertz CT molecular complexity index is 1030. The Labute approximate surface area is 183 Å². The van der Waals surface area contributed by atoms with Gasteiger partial charge < -0.3 is 20.1 Å². The second-order valence-electron chi connectivity index (χ2n) is 7.75. The summed E-state index contributed by atoms with van der Waals surface area (Å²) in [6, 6.07) is 16.1. The first kappa shape index (κ1) is 21.1. The van der Waals surface area contributed by atoms with Gasteiger partial charge in [-0.3, -0.25) is 4.98 Å². The summed E-state index contributed by atoms with van der Waals surface area (Å²) in [4.78, 5) is 16.0. The average Bonchev–Trinajstić information content (AvgIpc) is 2.82. The van der Waals surface area contributed by atoms with Crippen molar-refractivity contribution in [1.29, 1.82) is 0 Å². The fraction of sp³-hybridized carbons (Fsp3) is 0.360. The molecule has 2 aromatic carbocycles. The van der Waals surface area contributed by atoms with E-state index in [4.69, 9.17) is 9.72 Å². The number of aryl methyl sites for hydroxylation is 1. The van der Waals surface area contributed by atoms with Gasteiger partial charge in [-0.1, -0.05) is 30.3 Å². The average molecular weight is 420 g/mol. The molecule has 1 heterocycles. The fourth-order valence-corrected chi connectivity index (χ4v) is 3.99. The molecule has 6 heteroatoms. The number of hydrogen-bond acceptors (Lipinski definition) is 6. The summed E-state index contributed by atoms with van der Waals surface area (Å²) in [5.74, 6) is 0.270. The quantitative estimate of drug-likeness (QED) is 0.405. The lowest BCUT2D eigenvalue weighted by Crippen LogP contribution is -2.23. The van der Waals surface area contributed by atoms with Gasteiger partial charge in [0, 0.05) is 36.4 Å². The van der Waals surface area contributed by atoms with Crippen LogP contribution in [-0.4, -0.2) is 37.8 Å². The van der Waals surface area contributed by atoms with E-state index < -0.39 is 0 Å². The number of carbonyl (C=O) groups excluding carboxylic acids is 1. The molecule has 0 amide bonds. The summed E-state index contributed by atoms with van der Waals surface area (Å²) in [7, 11) is 1.35. The lowest BCUT2D eigenvalue weighted by atomic mass is 9.92. The highest BCUT2D eigenvalue weighted by Crippen LogP contribution is 2.33. The number of anilines is 1. The standard InChI is InChI=1S/C25H29N3O3/c1-30-24(29)17-31-19-12-10-18(11-13-19)16-26-14-15-27-25-20-6-2-4-8-22(20)28-23-9-5-3-7-21(23)25/h2,4,6,8,10-13,26H,3,5,7,9,14-17H2,1H3,(H,27,28). The molecule has 3 aromatic rings. The molecule has 0 fully saturated rings. The predicted molar refractivity (Wildman–Crippen MR) is 123 cm³/mol. The zero-order chi connectivity index (χ0) is 21.5. The van der Waals surface area contributed by atoms with Crippen molar-refractivity contribution in [2.24, 2.45) is 0 Å². The SMILES string of the molecule is COC(=O)COc1ccc(CNCCNc2c3c(nc4ccccc24)CCCC3)cc1. The zero-order valence-electron chi connectivity index (χ0n) is 17.9. The first-order valence-corrected chi connectivity index (χ1v) is 10.9. The first-order chi connectivity index (χ1) is 15.2. The normalized spacial score (nSPS) is 12.9. The minimum Gasteiger partial charge on any atom is -0.482 e. The molecule has 0 bridgehead atoms. The van der Waals surface area contributed by atoms with E-state index in [9.17, 15) is 4.79 Å². The number of nitrogens with zero attached hydrogens (tertiary/aromatic N) is 1. The summed E-state index contributed by atoms with van der Waals surface area (Å²) in [6.07, 6.45) is 4.64. The van der Waals surface area contributed by atoms with Crippen LogP contribution >= 0.6 is 0 Å². The van der Waals surface area contributed by atoms with Crippen molar-refractivity contribution in [3.8, 4) is 5.75 Å². The van der Waals surface area contributed by atoms with Crippen molar-refractivity contribution in [2.45, 2.75) is 32.2 Å². The van der Waals surface area contributed by atoms with Crippen LogP contribution in [0.4, 0.5) is 5.69 Å². The number of benzene rings is 2. The van der Waals surface area contributed by atoms with Crippen LogP contribution in [0.1, 0.15) is 29.7 Å². The van der Waals surface area contributed by atoms with Crippen molar-refractivity contribution in [3.05, 3.63) is 65.4 Å². The maximum absolute atomic E-state index is 11.1. The Kier molecular flexibility index (Phi) is 6.99. The number of esters is 1. The number of para-hydroxylation sites is 1. The number of hydrogen-bond donors (Lipinski definition) is 2. The minimum absolute atomic E-state index is 0.0762. The molecule has 1 aliphatic carbocycles. The molecule has 0 atom stereocenters. The number of pyridine rings is 1. The molecule has 1 aliphatic rings. The van der Waals surface area contributed by atoms with Gasteiger partial charge in [0.1, 0.15) is 5.75 Å². The molecular formula is C25H29N3O3. The van der Waals surface area contributed by atoms with Crippen LogP contribution in [-0.2, 0) is 28.9 Å². The van der Waals surface area contributed by atoms with E-state index in [1.54, 1.807) is 0 Å². The number of methoxy groups -OCH3 is 1. The summed E-state index contributed by atoms with van der Waals surface area (Å²) >= 11 is 0. The molecule has 6 nitrogen and oxygen atoms in total. The molecule has 31 heavy (non-hydrogen) atoms. The van der Waals surface area contributed by atoms with Crippen molar-refractivity contribution >= 4 is 22.6 Å². The summed E-state index contributed by atoms with van der Waals surface area (Å²) in [5, 5.41) is 8.38. The van der Waals surface area contributed by atoms with Gasteiger partial charge in [0.15, 0.2) is 6.61 Å². The van der Waals surface area contributed by atoms with Crippen LogP contribution in [0.3, 0.4) is 0 Å². The van der Waals surface area contributed by atoms with Crippen LogP contribution in [0.25, 0.3) is 10.9 Å². The van der Waals surface area contributed by atoms with E-state index in [0.29, 0.717) is 5.75 Å². The molecule has 2 N–H and O–H groups in total. The highest BCUT2D eigenvalue weighted by atomic mass is 16.6. The molecule has 0 saturated heterocycles. The van der Waals surface area contributed by atoms with Crippen LogP contribution < -0.4 is 15.4 Å². The molecular weight excluding hydrogens is 390 g/mol. The van der Waals surface area contributed by atoms with E-state index in [-0.39, 0.29) is 12.6 Å². The molecule has 0 aliphatic heterocycles. The highest BCUT2D eigenvalue weighted by Gasteiger charge is 2.17. The summed E-state index contributed by atoms with van der Waals surface area (Å²) < 4.78 is 9.95. The minimum atomic E-state index is -0.388. The maximum atomic E-state index is 11.1. The second kappa shape index (κ2) is 10.3. The topological polar surface area (TPSA) is 72.5 Å². The van der Waals surface area contributed by atoms with E-state index in [1.165, 1.54) is 42.3 Å². The Morgan fingerprint density at radius 1 is 1.03 bits per heavy atom. The third-order valence-electron chi connectivity index (χ3n) is 5.61. The lowest BCUT2D eigenvalue weighted by Gasteiger charge is -2.21. The number of nitrogens with one attached hydrogen (secondary N) is 2. The number of carbonyl (C=O) groups is 1. The molecule has 0 radical (unpaired) electrons. The zero-order valence-corrected chi connectivity index (χ0v) is 17.9. The molecule has 162 valence electrons. The summed E-state index contributed by atoms with van der Waals surface area (Å²) in [5.41, 5.74) is 6.15. The van der Waals surface area contributed by atoms with E-state index in [2.05, 4.69) is 39.6 Å². The van der Waals surface area contributed by atoms with Gasteiger partial charge >= 0.3 is 5.97 Å². The van der Waals surface area contributed by atoms with Crippen LogP contribution in [0, 0.1) is 0 Å². The van der Waals surface area contributed by atoms with Crippen LogP contribution in [0.15, 0.2) is 48.5 Å². The highest BCUT2D eigenvalue weighted by molar-refractivity contribution is 5.93. The third kappa shape index (κ3) is 5.33. The van der Waals surface area contributed by atoms with Crippen LogP contribution in [0.5, 0.6) is 5.75 Å². The van der Waals surface area contributed by atoms with Gasteiger partial charge in [0.05, 0.1) is 12.6 Å². The first-order valence-electron chi connectivity index (χ1n) is 10.9. The van der Waals surface area contributed by atoms with Gasteiger partial charge in [-0.2, -0.15) is 0 Å². The van der Waals surface area contributed by atoms with Gasteiger partial charge in [-0.25, -0.2) is 4.79 Å². The van der Waals surface area contributed by atoms with Crippen molar-refractivity contribution < 1.29 is 14.3 Å². The van der Waals surface area contributed by atoms with Gasteiger partial charge in [0.25, 0.3) is 0 Å². The monoisotopic (exact) mass is 419 g/mol. The number of ether oxygens (including phenoxy) is 2. The van der Waals surface area contributed by atoms with Crippen LogP contribution in [0.2, 0.25) is 0 Å². The number of fused-ring (bicyclic) bond motifs is 2. The Morgan fingerprint density at radius 3 is 2.68 bits per heavy atom. The molecule has 1 aromatic heterocycles. The van der Waals surface area contributed by atoms with Gasteiger partial charge in [0.2, 0.25) is 0 Å². The maximum Gasteiger partial charge on any atom is 0.343 e. The predicted octanol–water partition coefficient (Wildman–Crippen LogP) is 3.87. The lowest BCUT2D eigenvalue weighted by molar-refractivity contribution is -0.142. The molecule has 0 spiro atoms. The number of rotatable bonds is 9. The largest absolute Gasteiger partial charge is 0.482 e. The molecule has 4 rings (SSSR count). The fourth-order valence-electron chi connectivity index (χ4n) is 3.99. The molecule has 0 unspecified atom stereocenters. The molecule has 0 saturated carbocycles.